The summed E-state index contributed by atoms with van der Waals surface area (Å²) >= 11 is 0. The number of benzene rings is 2. The molecule has 1 aliphatic rings. The molecule has 2 heterocycles. The first-order valence-electron chi connectivity index (χ1n) is 11.2. The van der Waals surface area contributed by atoms with Gasteiger partial charge in [-0.05, 0) is 43.8 Å². The fraction of sp³-hybridized carbons (Fsp3) is 0.360. The number of nitrogens with zero attached hydrogens (tertiary/aromatic N) is 1. The second-order valence-corrected chi connectivity index (χ2v) is 8.34. The lowest BCUT2D eigenvalue weighted by molar-refractivity contribution is -0.918. The van der Waals surface area contributed by atoms with Gasteiger partial charge in [0.05, 0.1) is 30.6 Å². The van der Waals surface area contributed by atoms with Crippen LogP contribution in [0.25, 0.3) is 11.0 Å². The van der Waals surface area contributed by atoms with Gasteiger partial charge in [-0.15, -0.1) is 0 Å². The van der Waals surface area contributed by atoms with Crippen molar-refractivity contribution in [3.05, 3.63) is 64.0 Å². The number of likely N-dealkylation sites (N-methyl/N-ethyl adjacent to an activating group) is 1. The molecule has 0 spiro atoms. The number of rotatable bonds is 7. The van der Waals surface area contributed by atoms with E-state index in [-0.39, 0.29) is 16.9 Å². The summed E-state index contributed by atoms with van der Waals surface area (Å²) in [6, 6.07) is 9.26. The first-order valence-corrected chi connectivity index (χ1v) is 11.2. The van der Waals surface area contributed by atoms with Crippen LogP contribution >= 0.6 is 0 Å². The minimum Gasteiger partial charge on any atom is -0.872 e. The average Bonchev–Trinajstić information content (AvgIpc) is 2.82. The number of esters is 1. The standard InChI is InChI=1S/C25H28N2O6/c1-3-14-31-25(30)17-4-6-18(7-5-17)33-22-16-32-24-19(23(22)29)8-9-21(28)20(24)15-27-12-10-26(2)11-13-27/h4-9,16,28H,3,10-15H2,1-2H3. The summed E-state index contributed by atoms with van der Waals surface area (Å²) in [7, 11) is 2.08. The molecule has 1 fully saturated rings. The van der Waals surface area contributed by atoms with Gasteiger partial charge in [0.2, 0.25) is 11.2 Å². The van der Waals surface area contributed by atoms with Crippen LogP contribution in [0.3, 0.4) is 0 Å². The van der Waals surface area contributed by atoms with Gasteiger partial charge in [0, 0.05) is 18.7 Å². The number of ether oxygens (including phenoxy) is 2. The predicted molar refractivity (Wildman–Crippen MR) is 121 cm³/mol. The van der Waals surface area contributed by atoms with E-state index in [1.54, 1.807) is 24.3 Å². The molecule has 2 aromatic carbocycles. The average molecular weight is 453 g/mol. The molecular weight excluding hydrogens is 424 g/mol. The van der Waals surface area contributed by atoms with Crippen molar-refractivity contribution < 1.29 is 28.7 Å². The molecule has 8 nitrogen and oxygen atoms in total. The van der Waals surface area contributed by atoms with Gasteiger partial charge in [0.15, 0.2) is 0 Å². The van der Waals surface area contributed by atoms with Gasteiger partial charge < -0.3 is 23.9 Å². The highest BCUT2D eigenvalue weighted by atomic mass is 16.5. The van der Waals surface area contributed by atoms with E-state index >= 15 is 0 Å². The third-order valence-corrected chi connectivity index (χ3v) is 5.85. The van der Waals surface area contributed by atoms with Crippen molar-refractivity contribution in [2.75, 3.05) is 39.8 Å². The summed E-state index contributed by atoms with van der Waals surface area (Å²) in [5.41, 5.74) is 0.892. The molecule has 0 aliphatic carbocycles. The summed E-state index contributed by atoms with van der Waals surface area (Å²) in [4.78, 5) is 28.5. The maximum absolute atomic E-state index is 13.1. The van der Waals surface area contributed by atoms with Crippen molar-refractivity contribution in [3.63, 3.8) is 0 Å². The number of hydrogen-bond donors (Lipinski definition) is 1. The van der Waals surface area contributed by atoms with Crippen LogP contribution < -0.4 is 20.2 Å². The Bertz CT molecular complexity index is 1180. The van der Waals surface area contributed by atoms with Crippen LogP contribution in [0.15, 0.2) is 51.9 Å². The lowest BCUT2D eigenvalue weighted by Crippen LogP contribution is -3.13. The van der Waals surface area contributed by atoms with Crippen LogP contribution in [-0.4, -0.2) is 50.7 Å². The zero-order chi connectivity index (χ0) is 23.4. The van der Waals surface area contributed by atoms with Crippen molar-refractivity contribution in [3.8, 4) is 17.2 Å². The van der Waals surface area contributed by atoms with Gasteiger partial charge in [-0.25, -0.2) is 4.79 Å². The van der Waals surface area contributed by atoms with Gasteiger partial charge in [-0.1, -0.05) is 18.7 Å². The normalized spacial score (nSPS) is 15.0. The zero-order valence-corrected chi connectivity index (χ0v) is 18.9. The topological polar surface area (TPSA) is 96.5 Å². The van der Waals surface area contributed by atoms with Crippen LogP contribution in [0.2, 0.25) is 0 Å². The Morgan fingerprint density at radius 2 is 1.88 bits per heavy atom. The van der Waals surface area contributed by atoms with E-state index in [4.69, 9.17) is 13.9 Å². The SMILES string of the molecule is CCCOC(=O)c1ccc(Oc2coc3c(C[NH+]4CCN(C)CC4)c([O-])ccc3c2=O)cc1. The molecule has 3 aromatic rings. The van der Waals surface area contributed by atoms with Crippen LogP contribution in [0.4, 0.5) is 0 Å². The van der Waals surface area contributed by atoms with Gasteiger partial charge in [-0.3, -0.25) is 9.69 Å². The number of carbonyl (C=O) groups excluding carboxylic acids is 1. The van der Waals surface area contributed by atoms with E-state index in [1.165, 1.54) is 23.3 Å². The molecule has 33 heavy (non-hydrogen) atoms. The Morgan fingerprint density at radius 1 is 1.15 bits per heavy atom. The van der Waals surface area contributed by atoms with Crippen LogP contribution in [0.1, 0.15) is 29.3 Å². The third-order valence-electron chi connectivity index (χ3n) is 5.85. The highest BCUT2D eigenvalue weighted by molar-refractivity contribution is 5.89. The van der Waals surface area contributed by atoms with Crippen LogP contribution in [-0.2, 0) is 11.3 Å². The fourth-order valence-corrected chi connectivity index (χ4v) is 3.89. The Labute approximate surface area is 191 Å². The Balaban J connectivity index is 1.55. The van der Waals surface area contributed by atoms with E-state index in [0.717, 1.165) is 32.6 Å². The third kappa shape index (κ3) is 5.18. The minimum absolute atomic E-state index is 0.0142. The summed E-state index contributed by atoms with van der Waals surface area (Å²) in [6.07, 6.45) is 1.99. The molecule has 4 rings (SSSR count). The summed E-state index contributed by atoms with van der Waals surface area (Å²) in [5.74, 6) is -0.134. The quantitative estimate of drug-likeness (QED) is 0.544. The number of piperazine rings is 1. The lowest BCUT2D eigenvalue weighted by Gasteiger charge is -2.30. The molecule has 8 heteroatoms. The minimum atomic E-state index is -0.406. The molecule has 0 amide bonds. The van der Waals surface area contributed by atoms with Crippen molar-refractivity contribution in [2.24, 2.45) is 0 Å². The number of carbonyl (C=O) groups is 1. The Kier molecular flexibility index (Phi) is 6.96. The maximum atomic E-state index is 13.1. The fourth-order valence-electron chi connectivity index (χ4n) is 3.89. The highest BCUT2D eigenvalue weighted by Crippen LogP contribution is 2.27. The van der Waals surface area contributed by atoms with Gasteiger partial charge in [0.25, 0.3) is 0 Å². The van der Waals surface area contributed by atoms with E-state index in [1.807, 2.05) is 6.92 Å². The molecule has 1 aliphatic heterocycles. The van der Waals surface area contributed by atoms with Crippen molar-refractivity contribution in [2.45, 2.75) is 19.9 Å². The van der Waals surface area contributed by atoms with Gasteiger partial charge in [-0.2, -0.15) is 0 Å². The van der Waals surface area contributed by atoms with E-state index in [2.05, 4.69) is 11.9 Å². The summed E-state index contributed by atoms with van der Waals surface area (Å²) in [6.45, 7) is 6.59. The molecule has 0 bridgehead atoms. The molecule has 1 saturated heterocycles. The first-order chi connectivity index (χ1) is 16.0. The molecule has 0 unspecified atom stereocenters. The maximum Gasteiger partial charge on any atom is 0.338 e. The highest BCUT2D eigenvalue weighted by Gasteiger charge is 2.21. The second kappa shape index (κ2) is 10.1. The number of quaternary nitrogens is 1. The molecular formula is C25H28N2O6. The molecule has 174 valence electrons. The number of fused-ring (bicyclic) bond motifs is 1. The van der Waals surface area contributed by atoms with Crippen LogP contribution in [0, 0.1) is 0 Å². The van der Waals surface area contributed by atoms with Gasteiger partial charge >= 0.3 is 5.97 Å². The largest absolute Gasteiger partial charge is 0.872 e. The number of hydrogen-bond acceptors (Lipinski definition) is 7. The van der Waals surface area contributed by atoms with E-state index in [9.17, 15) is 14.7 Å². The summed E-state index contributed by atoms with van der Waals surface area (Å²) in [5, 5.41) is 12.9. The lowest BCUT2D eigenvalue weighted by atomic mass is 10.1. The Hall–Kier alpha value is -3.36. The predicted octanol–water partition coefficient (Wildman–Crippen LogP) is 1.56. The van der Waals surface area contributed by atoms with Crippen molar-refractivity contribution in [1.82, 2.24) is 4.90 Å². The van der Waals surface area contributed by atoms with Crippen molar-refractivity contribution in [1.29, 1.82) is 0 Å². The monoisotopic (exact) mass is 452 g/mol. The molecule has 0 saturated carbocycles. The zero-order valence-electron chi connectivity index (χ0n) is 18.9. The molecule has 0 atom stereocenters. The van der Waals surface area contributed by atoms with Crippen LogP contribution in [0.5, 0.6) is 17.2 Å². The number of nitrogens with one attached hydrogen (secondary N) is 1. The first kappa shape index (κ1) is 22.8. The summed E-state index contributed by atoms with van der Waals surface area (Å²) < 4.78 is 16.6. The van der Waals surface area contributed by atoms with Gasteiger partial charge in [0.1, 0.15) is 24.1 Å². The van der Waals surface area contributed by atoms with Crippen molar-refractivity contribution >= 4 is 16.9 Å². The second-order valence-electron chi connectivity index (χ2n) is 8.34. The molecule has 1 aromatic heterocycles. The smallest absolute Gasteiger partial charge is 0.338 e. The Morgan fingerprint density at radius 3 is 2.58 bits per heavy atom. The molecule has 0 radical (unpaired) electrons. The van der Waals surface area contributed by atoms with E-state index in [0.29, 0.717) is 41.0 Å². The van der Waals surface area contributed by atoms with E-state index < -0.39 is 5.97 Å². The molecule has 1 N–H and O–H groups in total.